The number of likely N-dealkylation sites (tertiary alicyclic amines) is 1. The molecule has 0 saturated carbocycles. The number of hydrogen-bond acceptors (Lipinski definition) is 3. The van der Waals surface area contributed by atoms with E-state index in [9.17, 15) is 4.79 Å². The maximum atomic E-state index is 12.7. The summed E-state index contributed by atoms with van der Waals surface area (Å²) < 4.78 is 0. The van der Waals surface area contributed by atoms with Gasteiger partial charge in [0.2, 0.25) is 0 Å². The van der Waals surface area contributed by atoms with Crippen LogP contribution < -0.4 is 5.32 Å². The van der Waals surface area contributed by atoms with Gasteiger partial charge in [0.25, 0.3) is 5.91 Å². The summed E-state index contributed by atoms with van der Waals surface area (Å²) in [5, 5.41) is 3.23. The highest BCUT2D eigenvalue weighted by Crippen LogP contribution is 2.23. The number of pyridine rings is 1. The molecule has 2 rings (SSSR count). The molecule has 1 aliphatic rings. The van der Waals surface area contributed by atoms with Gasteiger partial charge in [-0.05, 0) is 44.2 Å². The SMILES string of the molecule is CCCNc1cc(C(=O)N2CC(C)CCC2C)ccn1. The number of piperidine rings is 1. The van der Waals surface area contributed by atoms with Crippen LogP contribution in [0.2, 0.25) is 0 Å². The molecule has 2 heterocycles. The van der Waals surface area contributed by atoms with Gasteiger partial charge in [-0.3, -0.25) is 4.79 Å². The number of anilines is 1. The second-order valence-corrected chi connectivity index (χ2v) is 5.85. The number of rotatable bonds is 4. The van der Waals surface area contributed by atoms with Gasteiger partial charge in [0.15, 0.2) is 0 Å². The Bertz CT molecular complexity index is 461. The maximum absolute atomic E-state index is 12.7. The molecule has 0 bridgehead atoms. The molecule has 4 nitrogen and oxygen atoms in total. The third-order valence-corrected chi connectivity index (χ3v) is 3.94. The van der Waals surface area contributed by atoms with Gasteiger partial charge >= 0.3 is 0 Å². The van der Waals surface area contributed by atoms with E-state index in [0.29, 0.717) is 12.0 Å². The van der Waals surface area contributed by atoms with Gasteiger partial charge in [0.05, 0.1) is 0 Å². The highest BCUT2D eigenvalue weighted by molar-refractivity contribution is 5.95. The molecule has 1 aromatic heterocycles. The number of hydrogen-bond donors (Lipinski definition) is 1. The molecule has 110 valence electrons. The molecule has 4 heteroatoms. The second-order valence-electron chi connectivity index (χ2n) is 5.85. The third-order valence-electron chi connectivity index (χ3n) is 3.94. The van der Waals surface area contributed by atoms with E-state index < -0.39 is 0 Å². The van der Waals surface area contributed by atoms with Crippen molar-refractivity contribution in [2.75, 3.05) is 18.4 Å². The average Bonchev–Trinajstić information content (AvgIpc) is 2.47. The van der Waals surface area contributed by atoms with Crippen LogP contribution in [0.4, 0.5) is 5.82 Å². The molecule has 1 amide bonds. The van der Waals surface area contributed by atoms with Crippen LogP contribution in [0.1, 0.15) is 50.4 Å². The molecule has 0 spiro atoms. The molecule has 1 aromatic rings. The fourth-order valence-electron chi connectivity index (χ4n) is 2.65. The minimum atomic E-state index is 0.131. The van der Waals surface area contributed by atoms with Crippen LogP contribution in [0.5, 0.6) is 0 Å². The Labute approximate surface area is 121 Å². The van der Waals surface area contributed by atoms with Gasteiger partial charge in [0.1, 0.15) is 5.82 Å². The van der Waals surface area contributed by atoms with E-state index in [-0.39, 0.29) is 5.91 Å². The molecule has 2 atom stereocenters. The number of aromatic nitrogens is 1. The highest BCUT2D eigenvalue weighted by atomic mass is 16.2. The van der Waals surface area contributed by atoms with E-state index in [1.54, 1.807) is 6.20 Å². The molecular weight excluding hydrogens is 250 g/mol. The highest BCUT2D eigenvalue weighted by Gasteiger charge is 2.27. The van der Waals surface area contributed by atoms with Gasteiger partial charge in [0, 0.05) is 30.9 Å². The van der Waals surface area contributed by atoms with Crippen LogP contribution in [0.3, 0.4) is 0 Å². The van der Waals surface area contributed by atoms with Gasteiger partial charge in [-0.25, -0.2) is 4.98 Å². The van der Waals surface area contributed by atoms with Crippen molar-refractivity contribution in [2.45, 2.75) is 46.1 Å². The first-order valence-corrected chi connectivity index (χ1v) is 7.62. The fraction of sp³-hybridized carbons (Fsp3) is 0.625. The summed E-state index contributed by atoms with van der Waals surface area (Å²) in [6.45, 7) is 8.20. The minimum Gasteiger partial charge on any atom is -0.370 e. The summed E-state index contributed by atoms with van der Waals surface area (Å²) >= 11 is 0. The average molecular weight is 275 g/mol. The Morgan fingerprint density at radius 1 is 1.45 bits per heavy atom. The van der Waals surface area contributed by atoms with Crippen LogP contribution in [0.25, 0.3) is 0 Å². The lowest BCUT2D eigenvalue weighted by molar-refractivity contribution is 0.0574. The zero-order valence-corrected chi connectivity index (χ0v) is 12.7. The van der Waals surface area contributed by atoms with Crippen molar-refractivity contribution in [3.8, 4) is 0 Å². The number of nitrogens with zero attached hydrogens (tertiary/aromatic N) is 2. The predicted molar refractivity (Wildman–Crippen MR) is 81.9 cm³/mol. The van der Waals surface area contributed by atoms with Gasteiger partial charge in [-0.2, -0.15) is 0 Å². The smallest absolute Gasteiger partial charge is 0.254 e. The lowest BCUT2D eigenvalue weighted by atomic mass is 9.94. The Kier molecular flexibility index (Phi) is 4.99. The Hall–Kier alpha value is -1.58. The van der Waals surface area contributed by atoms with Crippen LogP contribution >= 0.6 is 0 Å². The van der Waals surface area contributed by atoms with Crippen molar-refractivity contribution in [2.24, 2.45) is 5.92 Å². The summed E-state index contributed by atoms with van der Waals surface area (Å²) in [5.74, 6) is 1.51. The number of amides is 1. The van der Waals surface area contributed by atoms with Crippen LogP contribution in [-0.4, -0.2) is 34.9 Å². The van der Waals surface area contributed by atoms with Crippen molar-refractivity contribution in [1.82, 2.24) is 9.88 Å². The first-order chi connectivity index (χ1) is 9.61. The topological polar surface area (TPSA) is 45.2 Å². The van der Waals surface area contributed by atoms with Crippen molar-refractivity contribution in [3.05, 3.63) is 23.9 Å². The molecule has 0 aromatic carbocycles. The van der Waals surface area contributed by atoms with Gasteiger partial charge in [-0.15, -0.1) is 0 Å². The Balaban J connectivity index is 2.11. The molecule has 1 aliphatic heterocycles. The maximum Gasteiger partial charge on any atom is 0.254 e. The van der Waals surface area contributed by atoms with Crippen LogP contribution in [0.15, 0.2) is 18.3 Å². The van der Waals surface area contributed by atoms with E-state index in [2.05, 4.69) is 31.1 Å². The van der Waals surface area contributed by atoms with Crippen molar-refractivity contribution in [3.63, 3.8) is 0 Å². The van der Waals surface area contributed by atoms with E-state index in [4.69, 9.17) is 0 Å². The molecule has 20 heavy (non-hydrogen) atoms. The molecule has 1 fully saturated rings. The monoisotopic (exact) mass is 275 g/mol. The largest absolute Gasteiger partial charge is 0.370 e. The summed E-state index contributed by atoms with van der Waals surface area (Å²) in [6.07, 6.45) is 5.06. The fourth-order valence-corrected chi connectivity index (χ4v) is 2.65. The number of carbonyl (C=O) groups is 1. The Morgan fingerprint density at radius 2 is 2.25 bits per heavy atom. The van der Waals surface area contributed by atoms with Crippen molar-refractivity contribution in [1.29, 1.82) is 0 Å². The van der Waals surface area contributed by atoms with Crippen LogP contribution in [0, 0.1) is 5.92 Å². The second kappa shape index (κ2) is 6.73. The van der Waals surface area contributed by atoms with Crippen molar-refractivity contribution < 1.29 is 4.79 Å². The Morgan fingerprint density at radius 3 is 3.00 bits per heavy atom. The number of nitrogens with one attached hydrogen (secondary N) is 1. The molecule has 1 saturated heterocycles. The summed E-state index contributed by atoms with van der Waals surface area (Å²) in [4.78, 5) is 18.9. The molecule has 1 N–H and O–H groups in total. The molecule has 2 unspecified atom stereocenters. The van der Waals surface area contributed by atoms with Crippen molar-refractivity contribution >= 4 is 11.7 Å². The summed E-state index contributed by atoms with van der Waals surface area (Å²) in [6, 6.07) is 4.01. The zero-order valence-electron chi connectivity index (χ0n) is 12.7. The summed E-state index contributed by atoms with van der Waals surface area (Å²) in [7, 11) is 0. The first-order valence-electron chi connectivity index (χ1n) is 7.62. The lowest BCUT2D eigenvalue weighted by Crippen LogP contribution is -2.44. The van der Waals surface area contributed by atoms with Gasteiger partial charge in [-0.1, -0.05) is 13.8 Å². The van der Waals surface area contributed by atoms with Crippen LogP contribution in [-0.2, 0) is 0 Å². The first kappa shape index (κ1) is 14.8. The lowest BCUT2D eigenvalue weighted by Gasteiger charge is -2.36. The quantitative estimate of drug-likeness (QED) is 0.918. The number of carbonyl (C=O) groups excluding carboxylic acids is 1. The molecular formula is C16H25N3O. The molecule has 0 radical (unpaired) electrons. The summed E-state index contributed by atoms with van der Waals surface area (Å²) in [5.41, 5.74) is 0.736. The third kappa shape index (κ3) is 3.50. The predicted octanol–water partition coefficient (Wildman–Crippen LogP) is 3.16. The molecule has 0 aliphatic carbocycles. The zero-order chi connectivity index (χ0) is 14.5. The standard InChI is InChI=1S/C16H25N3O/c1-4-8-17-15-10-14(7-9-18-15)16(20)19-11-12(2)5-6-13(19)3/h7,9-10,12-13H,4-6,8,11H2,1-3H3,(H,17,18). The van der Waals surface area contributed by atoms with E-state index in [1.165, 1.54) is 6.42 Å². The normalized spacial score (nSPS) is 22.6. The van der Waals surface area contributed by atoms with E-state index in [0.717, 1.165) is 37.3 Å². The van der Waals surface area contributed by atoms with E-state index >= 15 is 0 Å². The van der Waals surface area contributed by atoms with E-state index in [1.807, 2.05) is 17.0 Å². The minimum absolute atomic E-state index is 0.131. The van der Waals surface area contributed by atoms with Gasteiger partial charge < -0.3 is 10.2 Å².